The van der Waals surface area contributed by atoms with Gasteiger partial charge in [0, 0.05) is 11.3 Å². The molecule has 0 bridgehead atoms. The van der Waals surface area contributed by atoms with Crippen LogP contribution in [0.4, 0.5) is 0 Å². The Kier molecular flexibility index (Phi) is 5.58. The zero-order valence-electron chi connectivity index (χ0n) is 11.4. The summed E-state index contributed by atoms with van der Waals surface area (Å²) in [5.41, 5.74) is 1.42. The molecule has 4 heteroatoms. The molecular weight excluding hydrogens is 284 g/mol. The van der Waals surface area contributed by atoms with Crippen LogP contribution in [0.15, 0.2) is 60.7 Å². The number of hydrogen-bond acceptors (Lipinski definition) is 3. The number of carboxylic acid groups (broad SMARTS) is 1. The van der Waals surface area contributed by atoms with Gasteiger partial charge in [0.2, 0.25) is 5.12 Å². The maximum Gasteiger partial charge on any atom is 0.311 e. The summed E-state index contributed by atoms with van der Waals surface area (Å²) in [7, 11) is 0. The minimum absolute atomic E-state index is 0.0206. The van der Waals surface area contributed by atoms with E-state index in [1.54, 1.807) is 12.1 Å². The van der Waals surface area contributed by atoms with Crippen LogP contribution in [-0.4, -0.2) is 21.9 Å². The number of aliphatic carboxylic acids is 1. The van der Waals surface area contributed by atoms with Gasteiger partial charge in [0.1, 0.15) is 0 Å². The van der Waals surface area contributed by atoms with Gasteiger partial charge in [-0.15, -0.1) is 0 Å². The van der Waals surface area contributed by atoms with Crippen molar-refractivity contribution in [1.29, 1.82) is 0 Å². The van der Waals surface area contributed by atoms with Gasteiger partial charge >= 0.3 is 5.97 Å². The normalized spacial score (nSPS) is 11.8. The Labute approximate surface area is 128 Å². The maximum absolute atomic E-state index is 11.9. The third kappa shape index (κ3) is 4.46. The Morgan fingerprint density at radius 2 is 1.52 bits per heavy atom. The second-order valence-electron chi connectivity index (χ2n) is 4.59. The number of hydrogen-bond donors (Lipinski definition) is 1. The van der Waals surface area contributed by atoms with Crippen molar-refractivity contribution in [2.24, 2.45) is 0 Å². The molecule has 0 aliphatic rings. The molecule has 1 atom stereocenters. The van der Waals surface area contributed by atoms with Crippen LogP contribution in [0.5, 0.6) is 0 Å². The van der Waals surface area contributed by atoms with E-state index in [1.807, 2.05) is 48.5 Å². The van der Waals surface area contributed by atoms with Crippen LogP contribution in [0.2, 0.25) is 0 Å². The molecule has 0 aliphatic heterocycles. The van der Waals surface area contributed by atoms with Gasteiger partial charge in [-0.2, -0.15) is 0 Å². The van der Waals surface area contributed by atoms with Gasteiger partial charge in [-0.25, -0.2) is 0 Å². The van der Waals surface area contributed by atoms with Crippen LogP contribution >= 0.6 is 11.8 Å². The van der Waals surface area contributed by atoms with Gasteiger partial charge in [0.15, 0.2) is 0 Å². The standard InChI is InChI=1S/C17H16O3S/c18-16(19)15(13-7-3-1-4-8-13)11-12-21-17(20)14-9-5-2-6-10-14/h1-10,15H,11-12H2,(H,18,19). The van der Waals surface area contributed by atoms with Crippen molar-refractivity contribution in [3.8, 4) is 0 Å². The topological polar surface area (TPSA) is 54.4 Å². The molecule has 0 spiro atoms. The lowest BCUT2D eigenvalue weighted by atomic mass is 9.97. The Morgan fingerprint density at radius 3 is 2.10 bits per heavy atom. The first-order valence-corrected chi connectivity index (χ1v) is 7.67. The zero-order valence-corrected chi connectivity index (χ0v) is 12.3. The van der Waals surface area contributed by atoms with Crippen LogP contribution in [0.1, 0.15) is 28.3 Å². The van der Waals surface area contributed by atoms with E-state index < -0.39 is 11.9 Å². The number of carbonyl (C=O) groups is 2. The van der Waals surface area contributed by atoms with Crippen molar-refractivity contribution in [2.75, 3.05) is 5.75 Å². The highest BCUT2D eigenvalue weighted by atomic mass is 32.2. The summed E-state index contributed by atoms with van der Waals surface area (Å²) >= 11 is 1.17. The number of benzene rings is 2. The molecule has 0 amide bonds. The molecule has 1 unspecified atom stereocenters. The fourth-order valence-corrected chi connectivity index (χ4v) is 2.89. The average Bonchev–Trinajstić information content (AvgIpc) is 2.52. The van der Waals surface area contributed by atoms with Crippen molar-refractivity contribution in [1.82, 2.24) is 0 Å². The lowest BCUT2D eigenvalue weighted by Gasteiger charge is -2.12. The van der Waals surface area contributed by atoms with E-state index >= 15 is 0 Å². The van der Waals surface area contributed by atoms with Crippen LogP contribution in [-0.2, 0) is 4.79 Å². The third-order valence-corrected chi connectivity index (χ3v) is 4.09. The summed E-state index contributed by atoms with van der Waals surface area (Å²) in [4.78, 5) is 23.3. The predicted molar refractivity (Wildman–Crippen MR) is 84.7 cm³/mol. The molecule has 3 nitrogen and oxygen atoms in total. The number of carboxylic acids is 1. The van der Waals surface area contributed by atoms with Crippen molar-refractivity contribution < 1.29 is 14.7 Å². The van der Waals surface area contributed by atoms with Gasteiger partial charge in [-0.3, -0.25) is 9.59 Å². The monoisotopic (exact) mass is 300 g/mol. The highest BCUT2D eigenvalue weighted by Gasteiger charge is 2.19. The van der Waals surface area contributed by atoms with Gasteiger partial charge < -0.3 is 5.11 Å². The van der Waals surface area contributed by atoms with Crippen LogP contribution in [0.3, 0.4) is 0 Å². The minimum atomic E-state index is -0.853. The molecule has 2 aromatic rings. The lowest BCUT2D eigenvalue weighted by Crippen LogP contribution is -2.13. The van der Waals surface area contributed by atoms with Gasteiger partial charge in [0.25, 0.3) is 0 Å². The molecule has 2 rings (SSSR count). The first-order valence-electron chi connectivity index (χ1n) is 6.68. The summed E-state index contributed by atoms with van der Waals surface area (Å²) < 4.78 is 0. The fraction of sp³-hybridized carbons (Fsp3) is 0.176. The molecule has 1 N–H and O–H groups in total. The SMILES string of the molecule is O=C(SCCC(C(=O)O)c1ccccc1)c1ccccc1. The maximum atomic E-state index is 11.9. The average molecular weight is 300 g/mol. The van der Waals surface area contributed by atoms with Crippen molar-refractivity contribution in [2.45, 2.75) is 12.3 Å². The van der Waals surface area contributed by atoms with Crippen molar-refractivity contribution in [3.05, 3.63) is 71.8 Å². The number of rotatable bonds is 6. The van der Waals surface area contributed by atoms with Gasteiger partial charge in [-0.05, 0) is 12.0 Å². The van der Waals surface area contributed by atoms with Gasteiger partial charge in [-0.1, -0.05) is 72.4 Å². The molecule has 0 heterocycles. The highest BCUT2D eigenvalue weighted by molar-refractivity contribution is 8.14. The predicted octanol–water partition coefficient (Wildman–Crippen LogP) is 3.82. The summed E-state index contributed by atoms with van der Waals surface area (Å²) in [6.45, 7) is 0. The largest absolute Gasteiger partial charge is 0.481 e. The highest BCUT2D eigenvalue weighted by Crippen LogP contribution is 2.23. The molecule has 0 aromatic heterocycles. The minimum Gasteiger partial charge on any atom is -0.481 e. The van der Waals surface area contributed by atoms with Crippen LogP contribution in [0.25, 0.3) is 0 Å². The summed E-state index contributed by atoms with van der Waals surface area (Å²) in [5.74, 6) is -0.934. The van der Waals surface area contributed by atoms with Crippen LogP contribution in [0, 0.1) is 0 Å². The second-order valence-corrected chi connectivity index (χ2v) is 5.66. The van der Waals surface area contributed by atoms with E-state index in [9.17, 15) is 14.7 Å². The van der Waals surface area contributed by atoms with E-state index in [2.05, 4.69) is 0 Å². The van der Waals surface area contributed by atoms with E-state index in [-0.39, 0.29) is 5.12 Å². The molecule has 21 heavy (non-hydrogen) atoms. The van der Waals surface area contributed by atoms with Crippen molar-refractivity contribution >= 4 is 22.8 Å². The van der Waals surface area contributed by atoms with Gasteiger partial charge in [0.05, 0.1) is 5.92 Å². The van der Waals surface area contributed by atoms with Crippen molar-refractivity contribution in [3.63, 3.8) is 0 Å². The number of carbonyl (C=O) groups excluding carboxylic acids is 1. The first-order chi connectivity index (χ1) is 10.2. The third-order valence-electron chi connectivity index (χ3n) is 3.15. The summed E-state index contributed by atoms with van der Waals surface area (Å²) in [6, 6.07) is 18.2. The molecule has 0 radical (unpaired) electrons. The Bertz CT molecular complexity index is 596. The molecule has 0 aliphatic carbocycles. The van der Waals surface area contributed by atoms with E-state index in [4.69, 9.17) is 0 Å². The molecule has 0 saturated heterocycles. The molecule has 2 aromatic carbocycles. The lowest BCUT2D eigenvalue weighted by molar-refractivity contribution is -0.138. The summed E-state index contributed by atoms with van der Waals surface area (Å²) in [5, 5.41) is 9.29. The second kappa shape index (κ2) is 7.64. The Balaban J connectivity index is 1.92. The summed E-state index contributed by atoms with van der Waals surface area (Å²) in [6.07, 6.45) is 0.433. The molecular formula is C17H16O3S. The zero-order chi connectivity index (χ0) is 15.1. The number of thioether (sulfide) groups is 1. The smallest absolute Gasteiger partial charge is 0.311 e. The molecule has 108 valence electrons. The molecule has 0 saturated carbocycles. The van der Waals surface area contributed by atoms with E-state index in [1.165, 1.54) is 11.8 Å². The first kappa shape index (κ1) is 15.3. The van der Waals surface area contributed by atoms with E-state index in [0.717, 1.165) is 5.56 Å². The molecule has 0 fully saturated rings. The fourth-order valence-electron chi connectivity index (χ4n) is 2.05. The Hall–Kier alpha value is -2.07. The quantitative estimate of drug-likeness (QED) is 0.881. The Morgan fingerprint density at radius 1 is 0.952 bits per heavy atom. The van der Waals surface area contributed by atoms with E-state index in [0.29, 0.717) is 17.7 Å². The van der Waals surface area contributed by atoms with Crippen LogP contribution < -0.4 is 0 Å².